The highest BCUT2D eigenvalue weighted by Gasteiger charge is 2.35. The fourth-order valence-corrected chi connectivity index (χ4v) is 2.51. The molecule has 14 heavy (non-hydrogen) atoms. The lowest BCUT2D eigenvalue weighted by molar-refractivity contribution is -0.128. The van der Waals surface area contributed by atoms with Crippen molar-refractivity contribution in [2.45, 2.75) is 40.5 Å². The summed E-state index contributed by atoms with van der Waals surface area (Å²) in [7, 11) is 0. The highest BCUT2D eigenvalue weighted by atomic mass is 16.1. The van der Waals surface area contributed by atoms with Gasteiger partial charge in [-0.15, -0.1) is 0 Å². The van der Waals surface area contributed by atoms with E-state index in [1.165, 1.54) is 5.57 Å². The fraction of sp³-hybridized carbons (Fsp3) is 0.769. The molecule has 0 amide bonds. The number of ketones is 1. The van der Waals surface area contributed by atoms with E-state index in [1.807, 2.05) is 6.92 Å². The van der Waals surface area contributed by atoms with Crippen LogP contribution in [0.1, 0.15) is 40.5 Å². The highest BCUT2D eigenvalue weighted by Crippen LogP contribution is 2.38. The molecule has 80 valence electrons. The van der Waals surface area contributed by atoms with Crippen molar-refractivity contribution in [3.63, 3.8) is 0 Å². The third-order valence-electron chi connectivity index (χ3n) is 3.71. The fourth-order valence-electron chi connectivity index (χ4n) is 2.51. The van der Waals surface area contributed by atoms with Gasteiger partial charge in [-0.25, -0.2) is 0 Å². The Bertz CT molecular complexity index is 240. The Morgan fingerprint density at radius 2 is 2.07 bits per heavy atom. The van der Waals surface area contributed by atoms with E-state index in [4.69, 9.17) is 0 Å². The predicted molar refractivity (Wildman–Crippen MR) is 60.0 cm³/mol. The van der Waals surface area contributed by atoms with Crippen LogP contribution in [0.3, 0.4) is 0 Å². The second-order valence-corrected chi connectivity index (χ2v) is 5.15. The van der Waals surface area contributed by atoms with Crippen molar-refractivity contribution in [1.29, 1.82) is 0 Å². The lowest BCUT2D eigenvalue weighted by Crippen LogP contribution is -2.34. The lowest BCUT2D eigenvalue weighted by atomic mass is 9.68. The first-order valence-electron chi connectivity index (χ1n) is 5.61. The molecule has 1 rings (SSSR count). The molecular weight excluding hydrogens is 172 g/mol. The summed E-state index contributed by atoms with van der Waals surface area (Å²) in [5.74, 6) is 2.29. The maximum Gasteiger partial charge on any atom is 0.136 e. The Balaban J connectivity index is 2.76. The van der Waals surface area contributed by atoms with E-state index in [9.17, 15) is 4.79 Å². The van der Waals surface area contributed by atoms with Crippen LogP contribution < -0.4 is 0 Å². The number of hydrogen-bond acceptors (Lipinski definition) is 1. The van der Waals surface area contributed by atoms with E-state index in [0.717, 1.165) is 12.8 Å². The third-order valence-corrected chi connectivity index (χ3v) is 3.71. The number of rotatable bonds is 2. The zero-order chi connectivity index (χ0) is 10.9. The van der Waals surface area contributed by atoms with Crippen LogP contribution in [0.15, 0.2) is 12.2 Å². The van der Waals surface area contributed by atoms with Gasteiger partial charge >= 0.3 is 0 Å². The molecule has 0 saturated heterocycles. The Hall–Kier alpha value is -0.590. The van der Waals surface area contributed by atoms with E-state index >= 15 is 0 Å². The Labute approximate surface area is 87.6 Å². The molecule has 1 aliphatic carbocycles. The minimum atomic E-state index is 0.255. The molecule has 3 unspecified atom stereocenters. The largest absolute Gasteiger partial charge is 0.299 e. The van der Waals surface area contributed by atoms with E-state index < -0.39 is 0 Å². The van der Waals surface area contributed by atoms with Gasteiger partial charge in [-0.1, -0.05) is 32.9 Å². The first kappa shape index (κ1) is 11.5. The third kappa shape index (κ3) is 2.26. The van der Waals surface area contributed by atoms with Crippen LogP contribution >= 0.6 is 0 Å². The minimum Gasteiger partial charge on any atom is -0.299 e. The van der Waals surface area contributed by atoms with Crippen LogP contribution in [0.5, 0.6) is 0 Å². The summed E-state index contributed by atoms with van der Waals surface area (Å²) in [5.41, 5.74) is 1.18. The monoisotopic (exact) mass is 194 g/mol. The summed E-state index contributed by atoms with van der Waals surface area (Å²) in [5, 5.41) is 0. The minimum absolute atomic E-state index is 0.255. The molecule has 0 aromatic heterocycles. The molecule has 0 radical (unpaired) electrons. The summed E-state index contributed by atoms with van der Waals surface area (Å²) in [6.07, 6.45) is 1.87. The average Bonchev–Trinajstić information content (AvgIpc) is 2.08. The van der Waals surface area contributed by atoms with E-state index in [2.05, 4.69) is 27.4 Å². The van der Waals surface area contributed by atoms with Crippen LogP contribution in [0, 0.1) is 23.7 Å². The molecule has 0 aliphatic heterocycles. The van der Waals surface area contributed by atoms with Crippen molar-refractivity contribution < 1.29 is 4.79 Å². The molecule has 1 nitrogen and oxygen atoms in total. The zero-order valence-corrected chi connectivity index (χ0v) is 9.84. The van der Waals surface area contributed by atoms with Gasteiger partial charge in [-0.3, -0.25) is 4.79 Å². The van der Waals surface area contributed by atoms with Crippen molar-refractivity contribution in [2.24, 2.45) is 23.7 Å². The first-order valence-corrected chi connectivity index (χ1v) is 5.61. The van der Waals surface area contributed by atoms with Gasteiger partial charge in [0.25, 0.3) is 0 Å². The van der Waals surface area contributed by atoms with Crippen LogP contribution in [-0.4, -0.2) is 5.78 Å². The van der Waals surface area contributed by atoms with Crippen LogP contribution in [-0.2, 0) is 4.79 Å². The Morgan fingerprint density at radius 1 is 1.50 bits per heavy atom. The second kappa shape index (κ2) is 4.29. The van der Waals surface area contributed by atoms with Crippen molar-refractivity contribution >= 4 is 5.78 Å². The smallest absolute Gasteiger partial charge is 0.136 e. The van der Waals surface area contributed by atoms with Gasteiger partial charge in [-0.05, 0) is 31.1 Å². The maximum absolute atomic E-state index is 11.8. The lowest BCUT2D eigenvalue weighted by Gasteiger charge is -2.36. The van der Waals surface area contributed by atoms with Gasteiger partial charge in [0.05, 0.1) is 0 Å². The quantitative estimate of drug-likeness (QED) is 0.615. The van der Waals surface area contributed by atoms with E-state index in [1.54, 1.807) is 0 Å². The van der Waals surface area contributed by atoms with Crippen LogP contribution in [0.4, 0.5) is 0 Å². The van der Waals surface area contributed by atoms with Gasteiger partial charge < -0.3 is 0 Å². The zero-order valence-electron chi connectivity index (χ0n) is 9.84. The second-order valence-electron chi connectivity index (χ2n) is 5.15. The van der Waals surface area contributed by atoms with Gasteiger partial charge in [0, 0.05) is 12.3 Å². The molecule has 0 bridgehead atoms. The molecule has 3 atom stereocenters. The van der Waals surface area contributed by atoms with Crippen LogP contribution in [0.2, 0.25) is 0 Å². The van der Waals surface area contributed by atoms with Crippen molar-refractivity contribution in [3.8, 4) is 0 Å². The number of hydrogen-bond donors (Lipinski definition) is 0. The summed E-state index contributed by atoms with van der Waals surface area (Å²) in [6.45, 7) is 12.5. The summed E-state index contributed by atoms with van der Waals surface area (Å²) >= 11 is 0. The SMILES string of the molecule is C=C(C)C1CC(=O)C(C)C(C(C)C)C1. The van der Waals surface area contributed by atoms with Crippen molar-refractivity contribution in [3.05, 3.63) is 12.2 Å². The summed E-state index contributed by atoms with van der Waals surface area (Å²) < 4.78 is 0. The first-order chi connectivity index (χ1) is 6.43. The normalized spacial score (nSPS) is 33.5. The van der Waals surface area contributed by atoms with Crippen molar-refractivity contribution in [1.82, 2.24) is 0 Å². The summed E-state index contributed by atoms with van der Waals surface area (Å²) in [6, 6.07) is 0. The van der Waals surface area contributed by atoms with E-state index in [0.29, 0.717) is 23.5 Å². The average molecular weight is 194 g/mol. The molecule has 0 N–H and O–H groups in total. The molecular formula is C13H22O. The molecule has 1 saturated carbocycles. The molecule has 1 aliphatic rings. The van der Waals surface area contributed by atoms with Gasteiger partial charge in [0.2, 0.25) is 0 Å². The van der Waals surface area contributed by atoms with Gasteiger partial charge in [0.1, 0.15) is 5.78 Å². The Kier molecular flexibility index (Phi) is 3.52. The predicted octanol–water partition coefficient (Wildman–Crippen LogP) is 3.45. The van der Waals surface area contributed by atoms with E-state index in [-0.39, 0.29) is 5.92 Å². The summed E-state index contributed by atoms with van der Waals surface area (Å²) in [4.78, 5) is 11.8. The number of Topliss-reactive ketones (excluding diaryl/α,β-unsaturated/α-hetero) is 1. The maximum atomic E-state index is 11.8. The molecule has 0 aromatic rings. The highest BCUT2D eigenvalue weighted by molar-refractivity contribution is 5.82. The topological polar surface area (TPSA) is 17.1 Å². The number of allylic oxidation sites excluding steroid dienone is 1. The molecule has 0 aromatic carbocycles. The number of carbonyl (C=O) groups is 1. The van der Waals surface area contributed by atoms with Crippen LogP contribution in [0.25, 0.3) is 0 Å². The van der Waals surface area contributed by atoms with Gasteiger partial charge in [-0.2, -0.15) is 0 Å². The van der Waals surface area contributed by atoms with Crippen molar-refractivity contribution in [2.75, 3.05) is 0 Å². The number of carbonyl (C=O) groups excluding carboxylic acids is 1. The molecule has 1 fully saturated rings. The molecule has 1 heteroatoms. The standard InChI is InChI=1S/C13H22O/c1-8(2)11-6-12(9(3)4)10(5)13(14)7-11/h9-12H,1,6-7H2,2-5H3. The Morgan fingerprint density at radius 3 is 2.50 bits per heavy atom. The van der Waals surface area contributed by atoms with Gasteiger partial charge in [0.15, 0.2) is 0 Å². The molecule has 0 heterocycles. The molecule has 0 spiro atoms.